The normalized spacial score (nSPS) is 23.6. The molecular weight excluding hydrogens is 210 g/mol. The molecule has 98 valence electrons. The van der Waals surface area contributed by atoms with Crippen molar-refractivity contribution in [2.75, 3.05) is 19.6 Å². The predicted octanol–water partition coefficient (Wildman–Crippen LogP) is 2.39. The van der Waals surface area contributed by atoms with Gasteiger partial charge in [-0.05, 0) is 45.6 Å². The third-order valence-corrected chi connectivity index (χ3v) is 3.60. The fourth-order valence-electron chi connectivity index (χ4n) is 2.59. The Hall–Kier alpha value is -0.590. The van der Waals surface area contributed by atoms with Gasteiger partial charge in [0.1, 0.15) is 0 Å². The molecule has 1 rings (SSSR count). The zero-order valence-electron chi connectivity index (χ0n) is 11.6. The van der Waals surface area contributed by atoms with Gasteiger partial charge in [0.05, 0.1) is 12.1 Å². The molecule has 1 fully saturated rings. The Balaban J connectivity index is 2.26. The first-order chi connectivity index (χ1) is 8.15. The average Bonchev–Trinajstić information content (AvgIpc) is 2.34. The lowest BCUT2D eigenvalue weighted by Gasteiger charge is -2.32. The highest BCUT2D eigenvalue weighted by Gasteiger charge is 2.19. The highest BCUT2D eigenvalue weighted by Crippen LogP contribution is 2.19. The Morgan fingerprint density at radius 1 is 1.47 bits per heavy atom. The standard InChI is InChI=1S/C14H27N3/c1-4-13-6-5-8-17(11-13)9-7-14(10-15)16-12(2)3/h12-14,16H,4-9,11H2,1-3H3. The maximum Gasteiger partial charge on any atom is 0.0967 e. The van der Waals surface area contributed by atoms with E-state index in [4.69, 9.17) is 5.26 Å². The van der Waals surface area contributed by atoms with E-state index in [1.54, 1.807) is 0 Å². The van der Waals surface area contributed by atoms with Gasteiger partial charge < -0.3 is 4.90 Å². The SMILES string of the molecule is CCC1CCCN(CCC(C#N)NC(C)C)C1. The maximum atomic E-state index is 9.07. The van der Waals surface area contributed by atoms with Crippen molar-refractivity contribution in [1.82, 2.24) is 10.2 Å². The molecule has 2 unspecified atom stereocenters. The molecule has 0 aromatic heterocycles. The van der Waals surface area contributed by atoms with Gasteiger partial charge in [-0.25, -0.2) is 0 Å². The van der Waals surface area contributed by atoms with Gasteiger partial charge in [0.2, 0.25) is 0 Å². The molecular formula is C14H27N3. The van der Waals surface area contributed by atoms with E-state index in [0.29, 0.717) is 6.04 Å². The number of nitrogens with one attached hydrogen (secondary N) is 1. The van der Waals surface area contributed by atoms with E-state index in [1.807, 2.05) is 0 Å². The number of nitriles is 1. The van der Waals surface area contributed by atoms with Crippen LogP contribution in [0.25, 0.3) is 0 Å². The molecule has 3 nitrogen and oxygen atoms in total. The molecule has 0 spiro atoms. The first kappa shape index (κ1) is 14.5. The molecule has 0 aromatic carbocycles. The summed E-state index contributed by atoms with van der Waals surface area (Å²) in [7, 11) is 0. The summed E-state index contributed by atoms with van der Waals surface area (Å²) in [5, 5.41) is 12.4. The summed E-state index contributed by atoms with van der Waals surface area (Å²) in [5.41, 5.74) is 0. The van der Waals surface area contributed by atoms with Gasteiger partial charge in [-0.1, -0.05) is 13.3 Å². The van der Waals surface area contributed by atoms with E-state index in [-0.39, 0.29) is 6.04 Å². The molecule has 17 heavy (non-hydrogen) atoms. The molecule has 1 aliphatic rings. The second-order valence-electron chi connectivity index (χ2n) is 5.51. The summed E-state index contributed by atoms with van der Waals surface area (Å²) in [5.74, 6) is 0.877. The van der Waals surface area contributed by atoms with E-state index in [9.17, 15) is 0 Å². The van der Waals surface area contributed by atoms with Crippen molar-refractivity contribution >= 4 is 0 Å². The zero-order chi connectivity index (χ0) is 12.7. The number of piperidine rings is 1. The van der Waals surface area contributed by atoms with Crippen molar-refractivity contribution in [2.45, 2.75) is 58.5 Å². The van der Waals surface area contributed by atoms with Crippen LogP contribution in [0.1, 0.15) is 46.5 Å². The van der Waals surface area contributed by atoms with Gasteiger partial charge in [0.25, 0.3) is 0 Å². The second-order valence-corrected chi connectivity index (χ2v) is 5.51. The molecule has 0 amide bonds. The van der Waals surface area contributed by atoms with Gasteiger partial charge in [-0.2, -0.15) is 5.26 Å². The highest BCUT2D eigenvalue weighted by molar-refractivity contribution is 4.91. The van der Waals surface area contributed by atoms with Gasteiger partial charge >= 0.3 is 0 Å². The minimum atomic E-state index is 0.0111. The van der Waals surface area contributed by atoms with Crippen LogP contribution in [0.15, 0.2) is 0 Å². The van der Waals surface area contributed by atoms with Gasteiger partial charge in [0.15, 0.2) is 0 Å². The second kappa shape index (κ2) is 7.68. The molecule has 2 atom stereocenters. The minimum Gasteiger partial charge on any atom is -0.303 e. The van der Waals surface area contributed by atoms with Crippen LogP contribution in [0.3, 0.4) is 0 Å². The van der Waals surface area contributed by atoms with E-state index < -0.39 is 0 Å². The fourth-order valence-corrected chi connectivity index (χ4v) is 2.59. The average molecular weight is 237 g/mol. The molecule has 1 saturated heterocycles. The molecule has 1 aliphatic heterocycles. The van der Waals surface area contributed by atoms with Crippen LogP contribution in [-0.2, 0) is 0 Å². The summed E-state index contributed by atoms with van der Waals surface area (Å²) in [6.45, 7) is 9.99. The van der Waals surface area contributed by atoms with E-state index in [2.05, 4.69) is 37.1 Å². The van der Waals surface area contributed by atoms with Crippen molar-refractivity contribution in [3.05, 3.63) is 0 Å². The highest BCUT2D eigenvalue weighted by atomic mass is 15.1. The van der Waals surface area contributed by atoms with Crippen LogP contribution >= 0.6 is 0 Å². The predicted molar refractivity (Wildman–Crippen MR) is 71.7 cm³/mol. The first-order valence-corrected chi connectivity index (χ1v) is 7.03. The Morgan fingerprint density at radius 2 is 2.24 bits per heavy atom. The molecule has 0 bridgehead atoms. The third-order valence-electron chi connectivity index (χ3n) is 3.60. The number of nitrogens with zero attached hydrogens (tertiary/aromatic N) is 2. The fraction of sp³-hybridized carbons (Fsp3) is 0.929. The molecule has 3 heteroatoms. The lowest BCUT2D eigenvalue weighted by molar-refractivity contribution is 0.167. The first-order valence-electron chi connectivity index (χ1n) is 7.03. The van der Waals surface area contributed by atoms with Crippen molar-refractivity contribution in [2.24, 2.45) is 5.92 Å². The third kappa shape index (κ3) is 5.52. The van der Waals surface area contributed by atoms with Gasteiger partial charge in [0, 0.05) is 19.1 Å². The number of likely N-dealkylation sites (tertiary alicyclic amines) is 1. The number of rotatable bonds is 6. The zero-order valence-corrected chi connectivity index (χ0v) is 11.6. The quantitative estimate of drug-likeness (QED) is 0.771. The Labute approximate surface area is 106 Å². The summed E-state index contributed by atoms with van der Waals surface area (Å²) in [4.78, 5) is 2.53. The smallest absolute Gasteiger partial charge is 0.0967 e. The van der Waals surface area contributed by atoms with E-state index in [1.165, 1.54) is 32.4 Å². The summed E-state index contributed by atoms with van der Waals surface area (Å²) >= 11 is 0. The van der Waals surface area contributed by atoms with Gasteiger partial charge in [-0.15, -0.1) is 0 Å². The monoisotopic (exact) mass is 237 g/mol. The van der Waals surface area contributed by atoms with Crippen LogP contribution in [0.2, 0.25) is 0 Å². The molecule has 1 heterocycles. The largest absolute Gasteiger partial charge is 0.303 e. The van der Waals surface area contributed by atoms with E-state index in [0.717, 1.165) is 18.9 Å². The van der Waals surface area contributed by atoms with Gasteiger partial charge in [-0.3, -0.25) is 5.32 Å². The Morgan fingerprint density at radius 3 is 2.82 bits per heavy atom. The topological polar surface area (TPSA) is 39.1 Å². The lowest BCUT2D eigenvalue weighted by atomic mass is 9.95. The van der Waals surface area contributed by atoms with Crippen LogP contribution < -0.4 is 5.32 Å². The summed E-state index contributed by atoms with van der Waals surface area (Å²) < 4.78 is 0. The summed E-state index contributed by atoms with van der Waals surface area (Å²) in [6.07, 6.45) is 4.96. The van der Waals surface area contributed by atoms with Crippen LogP contribution in [0, 0.1) is 17.2 Å². The Bertz CT molecular complexity index is 244. The Kier molecular flexibility index (Phi) is 6.54. The van der Waals surface area contributed by atoms with Crippen LogP contribution in [-0.4, -0.2) is 36.6 Å². The molecule has 0 aromatic rings. The van der Waals surface area contributed by atoms with Crippen molar-refractivity contribution in [3.63, 3.8) is 0 Å². The van der Waals surface area contributed by atoms with E-state index >= 15 is 0 Å². The van der Waals surface area contributed by atoms with Crippen LogP contribution in [0.5, 0.6) is 0 Å². The maximum absolute atomic E-state index is 9.07. The molecule has 1 N–H and O–H groups in total. The molecule has 0 saturated carbocycles. The van der Waals surface area contributed by atoms with Crippen LogP contribution in [0.4, 0.5) is 0 Å². The van der Waals surface area contributed by atoms with Crippen molar-refractivity contribution < 1.29 is 0 Å². The molecule has 0 radical (unpaired) electrons. The summed E-state index contributed by atoms with van der Waals surface area (Å²) in [6, 6.07) is 2.76. The minimum absolute atomic E-state index is 0.0111. The van der Waals surface area contributed by atoms with Crippen molar-refractivity contribution in [1.29, 1.82) is 5.26 Å². The number of hydrogen-bond donors (Lipinski definition) is 1. The lowest BCUT2D eigenvalue weighted by Crippen LogP contribution is -2.40. The van der Waals surface area contributed by atoms with Crippen molar-refractivity contribution in [3.8, 4) is 6.07 Å². The number of hydrogen-bond acceptors (Lipinski definition) is 3. The molecule has 0 aliphatic carbocycles.